The van der Waals surface area contributed by atoms with Crippen LogP contribution in [0.3, 0.4) is 0 Å². The van der Waals surface area contributed by atoms with Crippen molar-refractivity contribution in [3.8, 4) is 5.75 Å². The average Bonchev–Trinajstić information content (AvgIpc) is 2.92. The van der Waals surface area contributed by atoms with E-state index in [4.69, 9.17) is 4.74 Å². The van der Waals surface area contributed by atoms with E-state index < -0.39 is 0 Å². The van der Waals surface area contributed by atoms with Gasteiger partial charge >= 0.3 is 0 Å². The van der Waals surface area contributed by atoms with Crippen molar-refractivity contribution >= 4 is 11.8 Å². The summed E-state index contributed by atoms with van der Waals surface area (Å²) in [6.07, 6.45) is 3.04. The quantitative estimate of drug-likeness (QED) is 0.899. The van der Waals surface area contributed by atoms with Crippen molar-refractivity contribution in [2.75, 3.05) is 20.2 Å². The van der Waals surface area contributed by atoms with E-state index in [1.54, 1.807) is 11.9 Å². The summed E-state index contributed by atoms with van der Waals surface area (Å²) in [5.41, 5.74) is 2.15. The predicted molar refractivity (Wildman–Crippen MR) is 78.1 cm³/mol. The van der Waals surface area contributed by atoms with E-state index in [0.29, 0.717) is 19.4 Å². The van der Waals surface area contributed by atoms with Crippen LogP contribution in [0.4, 0.5) is 0 Å². The Labute approximate surface area is 124 Å². The molecule has 0 bridgehead atoms. The molecular weight excluding hydrogens is 268 g/mol. The molecule has 1 atom stereocenters. The van der Waals surface area contributed by atoms with E-state index in [-0.39, 0.29) is 17.9 Å². The van der Waals surface area contributed by atoms with Gasteiger partial charge in [0.2, 0.25) is 11.8 Å². The van der Waals surface area contributed by atoms with Gasteiger partial charge in [-0.2, -0.15) is 0 Å². The SMILES string of the molecule is CN(C(=O)Cc1ccc2c(c1)CCCO2)C1CCNC1=O. The maximum absolute atomic E-state index is 12.3. The van der Waals surface area contributed by atoms with Crippen molar-refractivity contribution in [1.82, 2.24) is 10.2 Å². The highest BCUT2D eigenvalue weighted by atomic mass is 16.5. The number of hydrogen-bond donors (Lipinski definition) is 1. The first-order valence-corrected chi connectivity index (χ1v) is 7.43. The van der Waals surface area contributed by atoms with Gasteiger partial charge in [-0.1, -0.05) is 12.1 Å². The van der Waals surface area contributed by atoms with Crippen molar-refractivity contribution in [3.05, 3.63) is 29.3 Å². The van der Waals surface area contributed by atoms with Crippen LogP contribution >= 0.6 is 0 Å². The predicted octanol–water partition coefficient (Wildman–Crippen LogP) is 0.901. The fraction of sp³-hybridized carbons (Fsp3) is 0.500. The Kier molecular flexibility index (Phi) is 3.82. The number of rotatable bonds is 3. The first kappa shape index (κ1) is 13.9. The maximum Gasteiger partial charge on any atom is 0.242 e. The second-order valence-electron chi connectivity index (χ2n) is 5.67. The molecule has 3 rings (SSSR count). The molecule has 0 aromatic heterocycles. The van der Waals surface area contributed by atoms with Crippen molar-refractivity contribution in [2.45, 2.75) is 31.7 Å². The van der Waals surface area contributed by atoms with Gasteiger partial charge in [-0.05, 0) is 36.5 Å². The van der Waals surface area contributed by atoms with E-state index in [2.05, 4.69) is 11.4 Å². The lowest BCUT2D eigenvalue weighted by molar-refractivity contribution is -0.136. The first-order valence-electron chi connectivity index (χ1n) is 7.43. The molecule has 1 N–H and O–H groups in total. The van der Waals surface area contributed by atoms with Gasteiger partial charge in [-0.3, -0.25) is 9.59 Å². The summed E-state index contributed by atoms with van der Waals surface area (Å²) < 4.78 is 5.58. The minimum absolute atomic E-state index is 0.0197. The molecule has 2 aliphatic heterocycles. The van der Waals surface area contributed by atoms with Crippen molar-refractivity contribution in [1.29, 1.82) is 0 Å². The van der Waals surface area contributed by atoms with Crippen LogP contribution in [0.15, 0.2) is 18.2 Å². The van der Waals surface area contributed by atoms with E-state index in [1.807, 2.05) is 12.1 Å². The summed E-state index contributed by atoms with van der Waals surface area (Å²) in [5.74, 6) is 0.861. The minimum Gasteiger partial charge on any atom is -0.493 e. The number of nitrogens with one attached hydrogen (secondary N) is 1. The van der Waals surface area contributed by atoms with Crippen LogP contribution in [0.25, 0.3) is 0 Å². The van der Waals surface area contributed by atoms with Crippen LogP contribution in [-0.4, -0.2) is 43.0 Å². The Morgan fingerprint density at radius 3 is 3.10 bits per heavy atom. The molecule has 0 saturated carbocycles. The van der Waals surface area contributed by atoms with Gasteiger partial charge in [-0.25, -0.2) is 0 Å². The molecule has 0 radical (unpaired) electrons. The second kappa shape index (κ2) is 5.76. The molecule has 1 unspecified atom stereocenters. The summed E-state index contributed by atoms with van der Waals surface area (Å²) >= 11 is 0. The van der Waals surface area contributed by atoms with Gasteiger partial charge in [0.25, 0.3) is 0 Å². The van der Waals surface area contributed by atoms with Crippen LogP contribution in [0.5, 0.6) is 5.75 Å². The van der Waals surface area contributed by atoms with Crippen LogP contribution in [-0.2, 0) is 22.4 Å². The number of fused-ring (bicyclic) bond motifs is 1. The molecule has 0 spiro atoms. The number of nitrogens with zero attached hydrogens (tertiary/aromatic N) is 1. The van der Waals surface area contributed by atoms with Gasteiger partial charge in [0.05, 0.1) is 13.0 Å². The van der Waals surface area contributed by atoms with Crippen LogP contribution in [0.2, 0.25) is 0 Å². The normalized spacial score (nSPS) is 20.4. The Bertz CT molecular complexity index is 571. The summed E-state index contributed by atoms with van der Waals surface area (Å²) in [6.45, 7) is 1.42. The fourth-order valence-electron chi connectivity index (χ4n) is 2.95. The van der Waals surface area contributed by atoms with Crippen LogP contribution in [0.1, 0.15) is 24.0 Å². The van der Waals surface area contributed by atoms with Gasteiger partial charge in [0.15, 0.2) is 0 Å². The zero-order chi connectivity index (χ0) is 14.8. The zero-order valence-electron chi connectivity index (χ0n) is 12.2. The number of carbonyl (C=O) groups is 2. The molecule has 21 heavy (non-hydrogen) atoms. The van der Waals surface area contributed by atoms with Gasteiger partial charge < -0.3 is 15.0 Å². The third-order valence-electron chi connectivity index (χ3n) is 4.21. The monoisotopic (exact) mass is 288 g/mol. The molecule has 1 aromatic carbocycles. The second-order valence-corrected chi connectivity index (χ2v) is 5.67. The third kappa shape index (κ3) is 2.86. The lowest BCUT2D eigenvalue weighted by atomic mass is 10.0. The van der Waals surface area contributed by atoms with Crippen LogP contribution < -0.4 is 10.1 Å². The molecule has 5 heteroatoms. The summed E-state index contributed by atoms with van der Waals surface area (Å²) in [6, 6.07) is 5.61. The van der Waals surface area contributed by atoms with Crippen molar-refractivity contribution in [3.63, 3.8) is 0 Å². The molecule has 0 aliphatic carbocycles. The van der Waals surface area contributed by atoms with Gasteiger partial charge in [0, 0.05) is 13.6 Å². The Balaban J connectivity index is 1.68. The number of ether oxygens (including phenoxy) is 1. The van der Waals surface area contributed by atoms with Crippen molar-refractivity contribution in [2.24, 2.45) is 0 Å². The molecule has 2 aliphatic rings. The standard InChI is InChI=1S/C16H20N2O3/c1-18(13-6-7-17-16(13)20)15(19)10-11-4-5-14-12(9-11)3-2-8-21-14/h4-5,9,13H,2-3,6-8,10H2,1H3,(H,17,20). The highest BCUT2D eigenvalue weighted by Gasteiger charge is 2.30. The molecule has 1 saturated heterocycles. The molecule has 1 fully saturated rings. The molecule has 5 nitrogen and oxygen atoms in total. The fourth-order valence-corrected chi connectivity index (χ4v) is 2.95. The number of benzene rings is 1. The van der Waals surface area contributed by atoms with E-state index in [0.717, 1.165) is 30.8 Å². The Morgan fingerprint density at radius 1 is 1.48 bits per heavy atom. The zero-order valence-corrected chi connectivity index (χ0v) is 12.2. The molecule has 2 heterocycles. The summed E-state index contributed by atoms with van der Waals surface area (Å²) in [4.78, 5) is 25.5. The number of carbonyl (C=O) groups excluding carboxylic acids is 2. The third-order valence-corrected chi connectivity index (χ3v) is 4.21. The molecule has 1 aromatic rings. The number of aryl methyl sites for hydroxylation is 1. The van der Waals surface area contributed by atoms with Gasteiger partial charge in [0.1, 0.15) is 11.8 Å². The van der Waals surface area contributed by atoms with Crippen molar-refractivity contribution < 1.29 is 14.3 Å². The summed E-state index contributed by atoms with van der Waals surface area (Å²) in [7, 11) is 1.71. The average molecular weight is 288 g/mol. The topological polar surface area (TPSA) is 58.6 Å². The number of likely N-dealkylation sites (N-methyl/N-ethyl adjacent to an activating group) is 1. The lowest BCUT2D eigenvalue weighted by Crippen LogP contribution is -2.42. The lowest BCUT2D eigenvalue weighted by Gasteiger charge is -2.23. The largest absolute Gasteiger partial charge is 0.493 e. The molecular formula is C16H20N2O3. The number of amides is 2. The van der Waals surface area contributed by atoms with E-state index in [1.165, 1.54) is 5.56 Å². The molecule has 2 amide bonds. The smallest absolute Gasteiger partial charge is 0.242 e. The number of hydrogen-bond acceptors (Lipinski definition) is 3. The Morgan fingerprint density at radius 2 is 2.33 bits per heavy atom. The maximum atomic E-state index is 12.3. The highest BCUT2D eigenvalue weighted by molar-refractivity contribution is 5.89. The summed E-state index contributed by atoms with van der Waals surface area (Å²) in [5, 5.41) is 2.76. The van der Waals surface area contributed by atoms with E-state index >= 15 is 0 Å². The van der Waals surface area contributed by atoms with Gasteiger partial charge in [-0.15, -0.1) is 0 Å². The first-order chi connectivity index (χ1) is 10.1. The van der Waals surface area contributed by atoms with E-state index in [9.17, 15) is 9.59 Å². The molecule has 112 valence electrons. The minimum atomic E-state index is -0.321. The Hall–Kier alpha value is -2.04. The highest BCUT2D eigenvalue weighted by Crippen LogP contribution is 2.26. The van der Waals surface area contributed by atoms with Crippen LogP contribution in [0, 0.1) is 0 Å².